The van der Waals surface area contributed by atoms with Crippen LogP contribution in [0.25, 0.3) is 0 Å². The molecule has 0 aliphatic heterocycles. The molecular weight excluding hydrogens is 192 g/mol. The molecule has 0 radical (unpaired) electrons. The number of nitrogens with one attached hydrogen (secondary N) is 2. The van der Waals surface area contributed by atoms with Gasteiger partial charge in [0.2, 0.25) is 5.91 Å². The van der Waals surface area contributed by atoms with Crippen LogP contribution in [0.15, 0.2) is 0 Å². The SMILES string of the molecule is CCC(C)C(=O)CNC(=O)CNC(C)C.[HH].[HH]. The lowest BCUT2D eigenvalue weighted by molar-refractivity contribution is -0.126. The van der Waals surface area contributed by atoms with Crippen LogP contribution in [-0.2, 0) is 9.59 Å². The van der Waals surface area contributed by atoms with Gasteiger partial charge in [-0.25, -0.2) is 0 Å². The van der Waals surface area contributed by atoms with Gasteiger partial charge in [0.05, 0.1) is 13.1 Å². The maximum atomic E-state index is 11.4. The summed E-state index contributed by atoms with van der Waals surface area (Å²) in [7, 11) is 0. The Kier molecular flexibility index (Phi) is 6.96. The second-order valence-corrected chi connectivity index (χ2v) is 4.09. The maximum Gasteiger partial charge on any atom is 0.234 e. The van der Waals surface area contributed by atoms with Crippen LogP contribution in [0.3, 0.4) is 0 Å². The minimum Gasteiger partial charge on any atom is -0.348 e. The Bertz CT molecular complexity index is 224. The summed E-state index contributed by atoms with van der Waals surface area (Å²) < 4.78 is 0. The van der Waals surface area contributed by atoms with Gasteiger partial charge in [-0.1, -0.05) is 27.7 Å². The summed E-state index contributed by atoms with van der Waals surface area (Å²) >= 11 is 0. The first-order valence-electron chi connectivity index (χ1n) is 5.50. The molecular formula is C11H26N2O2. The summed E-state index contributed by atoms with van der Waals surface area (Å²) in [6, 6.07) is 0.279. The van der Waals surface area contributed by atoms with Crippen molar-refractivity contribution in [1.29, 1.82) is 0 Å². The van der Waals surface area contributed by atoms with Crippen molar-refractivity contribution in [1.82, 2.24) is 10.6 Å². The first-order chi connectivity index (χ1) is 6.97. The molecule has 0 fully saturated rings. The molecule has 0 bridgehead atoms. The van der Waals surface area contributed by atoms with E-state index in [-0.39, 0.29) is 39.6 Å². The summed E-state index contributed by atoms with van der Waals surface area (Å²) in [4.78, 5) is 22.6. The predicted molar refractivity (Wildman–Crippen MR) is 64.8 cm³/mol. The van der Waals surface area contributed by atoms with Crippen molar-refractivity contribution < 1.29 is 12.4 Å². The summed E-state index contributed by atoms with van der Waals surface area (Å²) in [5, 5.41) is 5.59. The monoisotopic (exact) mass is 218 g/mol. The molecule has 0 rings (SSSR count). The van der Waals surface area contributed by atoms with Gasteiger partial charge in [0.1, 0.15) is 0 Å². The molecule has 0 spiro atoms. The Morgan fingerprint density at radius 2 is 1.80 bits per heavy atom. The zero-order valence-corrected chi connectivity index (χ0v) is 10.1. The third kappa shape index (κ3) is 7.08. The van der Waals surface area contributed by atoms with Crippen molar-refractivity contribution in [3.63, 3.8) is 0 Å². The van der Waals surface area contributed by atoms with E-state index in [1.165, 1.54) is 0 Å². The number of hydrogen-bond donors (Lipinski definition) is 2. The highest BCUT2D eigenvalue weighted by Crippen LogP contribution is 2.00. The number of carbonyl (C=O) groups excluding carboxylic acids is 2. The standard InChI is InChI=1S/C11H22N2O2.2H2/c1-5-9(4)10(14)6-13-11(15)7-12-8(2)3;;/h8-9,12H,5-7H2,1-4H3,(H,13,15);2*1H. The van der Waals surface area contributed by atoms with Crippen LogP contribution < -0.4 is 10.6 Å². The molecule has 2 N–H and O–H groups in total. The molecule has 0 aromatic heterocycles. The van der Waals surface area contributed by atoms with Crippen molar-refractivity contribution in [2.75, 3.05) is 13.1 Å². The lowest BCUT2D eigenvalue weighted by Gasteiger charge is -2.10. The highest BCUT2D eigenvalue weighted by atomic mass is 16.2. The van der Waals surface area contributed by atoms with Gasteiger partial charge in [0, 0.05) is 14.8 Å². The summed E-state index contributed by atoms with van der Waals surface area (Å²) in [6.07, 6.45) is 0.818. The van der Waals surface area contributed by atoms with Crippen molar-refractivity contribution in [2.45, 2.75) is 40.2 Å². The first-order valence-corrected chi connectivity index (χ1v) is 5.50. The Morgan fingerprint density at radius 3 is 2.27 bits per heavy atom. The third-order valence-electron chi connectivity index (χ3n) is 2.29. The van der Waals surface area contributed by atoms with Gasteiger partial charge in [0.15, 0.2) is 5.78 Å². The van der Waals surface area contributed by atoms with E-state index in [1.54, 1.807) is 0 Å². The molecule has 4 heteroatoms. The highest BCUT2D eigenvalue weighted by molar-refractivity contribution is 5.87. The molecule has 15 heavy (non-hydrogen) atoms. The first kappa shape index (κ1) is 14.1. The van der Waals surface area contributed by atoms with Gasteiger partial charge in [-0.2, -0.15) is 0 Å². The highest BCUT2D eigenvalue weighted by Gasteiger charge is 2.11. The fourth-order valence-corrected chi connectivity index (χ4v) is 0.947. The molecule has 0 heterocycles. The van der Waals surface area contributed by atoms with E-state index in [0.717, 1.165) is 6.42 Å². The molecule has 0 aromatic rings. The fourth-order valence-electron chi connectivity index (χ4n) is 0.947. The molecule has 0 aliphatic carbocycles. The van der Waals surface area contributed by atoms with Crippen molar-refractivity contribution in [2.24, 2.45) is 5.92 Å². The van der Waals surface area contributed by atoms with Gasteiger partial charge in [-0.05, 0) is 6.42 Å². The molecule has 0 aliphatic rings. The Hall–Kier alpha value is -0.900. The summed E-state index contributed by atoms with van der Waals surface area (Å²) in [5.74, 6) is -0.000826. The number of amides is 1. The second-order valence-electron chi connectivity index (χ2n) is 4.09. The number of hydrogen-bond acceptors (Lipinski definition) is 3. The molecule has 0 saturated heterocycles. The number of ketones is 1. The van der Waals surface area contributed by atoms with Crippen molar-refractivity contribution in [3.05, 3.63) is 0 Å². The van der Waals surface area contributed by atoms with Gasteiger partial charge in [0.25, 0.3) is 0 Å². The zero-order valence-electron chi connectivity index (χ0n) is 10.1. The minimum absolute atomic E-state index is 0. The minimum atomic E-state index is -0.125. The smallest absolute Gasteiger partial charge is 0.234 e. The largest absolute Gasteiger partial charge is 0.348 e. The quantitative estimate of drug-likeness (QED) is 0.675. The van der Waals surface area contributed by atoms with E-state index in [9.17, 15) is 9.59 Å². The van der Waals surface area contributed by atoms with Crippen LogP contribution in [0.5, 0.6) is 0 Å². The lowest BCUT2D eigenvalue weighted by atomic mass is 10.0. The predicted octanol–water partition coefficient (Wildman–Crippen LogP) is 1.21. The van der Waals surface area contributed by atoms with Crippen LogP contribution in [0.1, 0.15) is 37.0 Å². The second kappa shape index (κ2) is 7.40. The van der Waals surface area contributed by atoms with E-state index in [0.29, 0.717) is 0 Å². The van der Waals surface area contributed by atoms with Gasteiger partial charge >= 0.3 is 0 Å². The molecule has 4 nitrogen and oxygen atoms in total. The average molecular weight is 218 g/mol. The fraction of sp³-hybridized carbons (Fsp3) is 0.818. The van der Waals surface area contributed by atoms with Crippen molar-refractivity contribution in [3.8, 4) is 0 Å². The van der Waals surface area contributed by atoms with Gasteiger partial charge < -0.3 is 10.6 Å². The molecule has 92 valence electrons. The van der Waals surface area contributed by atoms with Crippen LogP contribution in [0.2, 0.25) is 0 Å². The number of rotatable bonds is 7. The van der Waals surface area contributed by atoms with Crippen LogP contribution in [-0.4, -0.2) is 30.8 Å². The summed E-state index contributed by atoms with van der Waals surface area (Å²) in [6.45, 7) is 8.19. The lowest BCUT2D eigenvalue weighted by Crippen LogP contribution is -2.39. The molecule has 0 saturated carbocycles. The van der Waals surface area contributed by atoms with Crippen LogP contribution >= 0.6 is 0 Å². The molecule has 1 amide bonds. The van der Waals surface area contributed by atoms with Crippen LogP contribution in [0.4, 0.5) is 0 Å². The van der Waals surface area contributed by atoms with Gasteiger partial charge in [-0.15, -0.1) is 0 Å². The van der Waals surface area contributed by atoms with E-state index >= 15 is 0 Å². The van der Waals surface area contributed by atoms with E-state index in [1.807, 2.05) is 27.7 Å². The van der Waals surface area contributed by atoms with Crippen LogP contribution in [0, 0.1) is 5.92 Å². The van der Waals surface area contributed by atoms with E-state index in [2.05, 4.69) is 10.6 Å². The summed E-state index contributed by atoms with van der Waals surface area (Å²) in [5.41, 5.74) is 0. The van der Waals surface area contributed by atoms with Crippen molar-refractivity contribution >= 4 is 11.7 Å². The average Bonchev–Trinajstić information content (AvgIpc) is 2.21. The zero-order chi connectivity index (χ0) is 11.8. The number of Topliss-reactive ketones (excluding diaryl/α,β-unsaturated/α-hetero) is 1. The molecule has 1 unspecified atom stereocenters. The van der Waals surface area contributed by atoms with E-state index in [4.69, 9.17) is 0 Å². The number of carbonyl (C=O) groups is 2. The Balaban J connectivity index is -0.000000980. The van der Waals surface area contributed by atoms with E-state index < -0.39 is 0 Å². The normalized spacial score (nSPS) is 12.6. The Labute approximate surface area is 94.8 Å². The molecule has 0 aromatic carbocycles. The van der Waals surface area contributed by atoms with Gasteiger partial charge in [-0.3, -0.25) is 9.59 Å². The topological polar surface area (TPSA) is 58.2 Å². The molecule has 1 atom stereocenters. The third-order valence-corrected chi connectivity index (χ3v) is 2.29. The maximum absolute atomic E-state index is 11.4. The Morgan fingerprint density at radius 1 is 1.20 bits per heavy atom.